The maximum absolute atomic E-state index is 12.8. The Morgan fingerprint density at radius 1 is 1.30 bits per heavy atom. The van der Waals surface area contributed by atoms with Crippen molar-refractivity contribution >= 4 is 23.5 Å². The minimum Gasteiger partial charge on any atom is -0.478 e. The molecule has 0 saturated carbocycles. The molecule has 2 saturated heterocycles. The summed E-state index contributed by atoms with van der Waals surface area (Å²) >= 11 is 0. The first-order chi connectivity index (χ1) is 11.0. The molecule has 2 amide bonds. The molecule has 118 valence electrons. The number of imide groups is 1. The smallest absolute Gasteiger partial charge is 0.335 e. The van der Waals surface area contributed by atoms with Crippen LogP contribution >= 0.6 is 0 Å². The van der Waals surface area contributed by atoms with Crippen molar-refractivity contribution in [2.45, 2.75) is 11.7 Å². The van der Waals surface area contributed by atoms with E-state index in [0.29, 0.717) is 0 Å². The highest BCUT2D eigenvalue weighted by molar-refractivity contribution is 6.23. The molecule has 0 aliphatic carbocycles. The number of amides is 2. The summed E-state index contributed by atoms with van der Waals surface area (Å²) < 4.78 is 5.64. The maximum Gasteiger partial charge on any atom is 0.335 e. The van der Waals surface area contributed by atoms with Crippen LogP contribution in [-0.4, -0.2) is 46.3 Å². The molecular formula is C16H13NO6. The summed E-state index contributed by atoms with van der Waals surface area (Å²) in [6.07, 6.45) is 2.80. The van der Waals surface area contributed by atoms with Gasteiger partial charge < -0.3 is 14.9 Å². The molecule has 0 aromatic heterocycles. The highest BCUT2D eigenvalue weighted by Gasteiger charge is 2.67. The van der Waals surface area contributed by atoms with Crippen molar-refractivity contribution in [1.82, 2.24) is 0 Å². The number of hydrogen-bond donors (Lipinski definition) is 2. The van der Waals surface area contributed by atoms with Gasteiger partial charge in [-0.2, -0.15) is 0 Å². The summed E-state index contributed by atoms with van der Waals surface area (Å²) in [4.78, 5) is 37.6. The average molecular weight is 315 g/mol. The van der Waals surface area contributed by atoms with Crippen LogP contribution in [-0.2, 0) is 14.3 Å². The first kappa shape index (κ1) is 14.1. The first-order valence-electron chi connectivity index (χ1n) is 7.18. The fourth-order valence-corrected chi connectivity index (χ4v) is 3.72. The van der Waals surface area contributed by atoms with Crippen molar-refractivity contribution in [3.05, 3.63) is 42.0 Å². The Kier molecular flexibility index (Phi) is 2.76. The summed E-state index contributed by atoms with van der Waals surface area (Å²) in [5.74, 6) is -3.48. The van der Waals surface area contributed by atoms with Gasteiger partial charge >= 0.3 is 5.97 Å². The van der Waals surface area contributed by atoms with Gasteiger partial charge in [-0.3, -0.25) is 9.59 Å². The second-order valence-electron chi connectivity index (χ2n) is 5.93. The quantitative estimate of drug-likeness (QED) is 0.609. The van der Waals surface area contributed by atoms with Crippen LogP contribution in [0.3, 0.4) is 0 Å². The number of carbonyl (C=O) groups is 3. The number of nitrogens with zero attached hydrogens (tertiary/aromatic N) is 1. The van der Waals surface area contributed by atoms with Crippen LogP contribution in [0.15, 0.2) is 36.4 Å². The highest BCUT2D eigenvalue weighted by Crippen LogP contribution is 2.52. The molecule has 2 fully saturated rings. The summed E-state index contributed by atoms with van der Waals surface area (Å²) in [7, 11) is 0. The molecule has 0 spiro atoms. The van der Waals surface area contributed by atoms with Crippen LogP contribution in [0, 0.1) is 11.8 Å². The minimum absolute atomic E-state index is 0.00521. The second-order valence-corrected chi connectivity index (χ2v) is 5.93. The number of aromatic carboxylic acids is 1. The third kappa shape index (κ3) is 1.68. The summed E-state index contributed by atoms with van der Waals surface area (Å²) in [5.41, 5.74) is -0.933. The number of carboxylic acids is 1. The van der Waals surface area contributed by atoms with Crippen LogP contribution in [0.25, 0.3) is 0 Å². The fourth-order valence-electron chi connectivity index (χ4n) is 3.72. The van der Waals surface area contributed by atoms with E-state index in [0.717, 1.165) is 4.90 Å². The topological polar surface area (TPSA) is 104 Å². The van der Waals surface area contributed by atoms with Crippen LogP contribution in [0.5, 0.6) is 0 Å². The molecule has 7 heteroatoms. The normalized spacial score (nSPS) is 34.3. The van der Waals surface area contributed by atoms with Crippen molar-refractivity contribution in [2.24, 2.45) is 11.8 Å². The molecule has 3 aliphatic rings. The largest absolute Gasteiger partial charge is 0.478 e. The van der Waals surface area contributed by atoms with Crippen LogP contribution in [0.1, 0.15) is 10.4 Å². The van der Waals surface area contributed by atoms with E-state index >= 15 is 0 Å². The molecule has 7 nitrogen and oxygen atoms in total. The lowest BCUT2D eigenvalue weighted by molar-refractivity contribution is -0.128. The van der Waals surface area contributed by atoms with Gasteiger partial charge in [-0.05, 0) is 18.2 Å². The standard InChI is InChI=1S/C16H13NO6/c18-7-16-5-4-10(23-16)11-12(16)14(20)17(13(11)19)9-3-1-2-8(6-9)15(21)22/h1-6,10-12,18H,7H2,(H,21,22)/t10-,11+,12+,16+/m1/s1. The van der Waals surface area contributed by atoms with Crippen molar-refractivity contribution in [1.29, 1.82) is 0 Å². The minimum atomic E-state index is -1.15. The average Bonchev–Trinajstić information content (AvgIpc) is 3.18. The third-order valence-corrected chi connectivity index (χ3v) is 4.75. The Labute approximate surface area is 130 Å². The molecule has 1 aromatic carbocycles. The van der Waals surface area contributed by atoms with E-state index in [1.165, 1.54) is 24.3 Å². The predicted octanol–water partition coefficient (Wildman–Crippen LogP) is 0.190. The van der Waals surface area contributed by atoms with E-state index in [2.05, 4.69) is 0 Å². The van der Waals surface area contributed by atoms with E-state index in [4.69, 9.17) is 9.84 Å². The Bertz CT molecular complexity index is 772. The SMILES string of the molecule is O=C(O)c1cccc(N2C(=O)[C@@H]3[C@@H](C2=O)[C@@]2(CO)C=C[C@H]3O2)c1. The molecule has 4 rings (SSSR count). The Balaban J connectivity index is 1.76. The number of carboxylic acid groups (broad SMARTS) is 1. The number of aliphatic hydroxyl groups excluding tert-OH is 1. The monoisotopic (exact) mass is 315 g/mol. The number of benzene rings is 1. The number of hydrogen-bond acceptors (Lipinski definition) is 5. The van der Waals surface area contributed by atoms with Crippen molar-refractivity contribution in [3.8, 4) is 0 Å². The summed E-state index contributed by atoms with van der Waals surface area (Å²) in [5, 5.41) is 18.7. The zero-order valence-corrected chi connectivity index (χ0v) is 11.9. The number of carbonyl (C=O) groups excluding carboxylic acids is 2. The molecule has 4 atom stereocenters. The zero-order valence-electron chi connectivity index (χ0n) is 11.9. The molecule has 0 radical (unpaired) electrons. The van der Waals surface area contributed by atoms with Gasteiger partial charge in [0.05, 0.1) is 35.8 Å². The van der Waals surface area contributed by atoms with Crippen molar-refractivity contribution in [2.75, 3.05) is 11.5 Å². The number of ether oxygens (including phenoxy) is 1. The van der Waals surface area contributed by atoms with E-state index in [9.17, 15) is 19.5 Å². The van der Waals surface area contributed by atoms with Crippen molar-refractivity contribution in [3.63, 3.8) is 0 Å². The van der Waals surface area contributed by atoms with E-state index in [-0.39, 0.29) is 17.9 Å². The lowest BCUT2D eigenvalue weighted by Gasteiger charge is -2.26. The van der Waals surface area contributed by atoms with Gasteiger partial charge in [0.2, 0.25) is 11.8 Å². The molecule has 2 bridgehead atoms. The zero-order chi connectivity index (χ0) is 16.4. The molecule has 23 heavy (non-hydrogen) atoms. The van der Waals surface area contributed by atoms with Crippen LogP contribution in [0.4, 0.5) is 5.69 Å². The fraction of sp³-hybridized carbons (Fsp3) is 0.312. The predicted molar refractivity (Wildman–Crippen MR) is 76.7 cm³/mol. The third-order valence-electron chi connectivity index (χ3n) is 4.75. The molecule has 0 unspecified atom stereocenters. The molecular weight excluding hydrogens is 302 g/mol. The Morgan fingerprint density at radius 2 is 2.09 bits per heavy atom. The molecule has 3 aliphatic heterocycles. The number of anilines is 1. The van der Waals surface area contributed by atoms with Gasteiger partial charge in [0.1, 0.15) is 5.60 Å². The van der Waals surface area contributed by atoms with Gasteiger partial charge in [0.15, 0.2) is 0 Å². The second kappa shape index (κ2) is 4.50. The van der Waals surface area contributed by atoms with Gasteiger partial charge in [0, 0.05) is 0 Å². The summed E-state index contributed by atoms with van der Waals surface area (Å²) in [6, 6.07) is 5.69. The number of rotatable bonds is 3. The van der Waals surface area contributed by atoms with Gasteiger partial charge in [-0.1, -0.05) is 18.2 Å². The Hall–Kier alpha value is -2.51. The highest BCUT2D eigenvalue weighted by atomic mass is 16.5. The van der Waals surface area contributed by atoms with Crippen LogP contribution < -0.4 is 4.90 Å². The molecule has 1 aromatic rings. The number of fused-ring (bicyclic) bond motifs is 5. The molecule has 3 heterocycles. The molecule has 2 N–H and O–H groups in total. The van der Waals surface area contributed by atoms with E-state index in [1.807, 2.05) is 0 Å². The number of aliphatic hydroxyl groups is 1. The van der Waals surface area contributed by atoms with E-state index < -0.39 is 41.3 Å². The van der Waals surface area contributed by atoms with Gasteiger partial charge in [0.25, 0.3) is 0 Å². The lowest BCUT2D eigenvalue weighted by atomic mass is 9.77. The maximum atomic E-state index is 12.8. The van der Waals surface area contributed by atoms with Gasteiger partial charge in [-0.15, -0.1) is 0 Å². The lowest BCUT2D eigenvalue weighted by Crippen LogP contribution is -2.43. The first-order valence-corrected chi connectivity index (χ1v) is 7.18. The van der Waals surface area contributed by atoms with Gasteiger partial charge in [-0.25, -0.2) is 9.69 Å². The Morgan fingerprint density at radius 3 is 2.78 bits per heavy atom. The van der Waals surface area contributed by atoms with Crippen molar-refractivity contribution < 1.29 is 29.3 Å². The van der Waals surface area contributed by atoms with Crippen LogP contribution in [0.2, 0.25) is 0 Å². The summed E-state index contributed by atoms with van der Waals surface area (Å²) in [6.45, 7) is -0.386. The van der Waals surface area contributed by atoms with E-state index in [1.54, 1.807) is 12.2 Å².